The maximum atomic E-state index is 12.8. The van der Waals surface area contributed by atoms with Crippen molar-refractivity contribution < 1.29 is 40.7 Å². The summed E-state index contributed by atoms with van der Waals surface area (Å²) in [7, 11) is 0. The van der Waals surface area contributed by atoms with Gasteiger partial charge in [-0.05, 0) is 31.0 Å². The van der Waals surface area contributed by atoms with Gasteiger partial charge >= 0.3 is 24.2 Å². The van der Waals surface area contributed by atoms with Crippen molar-refractivity contribution in [2.45, 2.75) is 25.2 Å². The molecule has 1 aromatic rings. The van der Waals surface area contributed by atoms with E-state index < -0.39 is 52.8 Å². The van der Waals surface area contributed by atoms with Crippen molar-refractivity contribution in [2.75, 3.05) is 18.4 Å². The van der Waals surface area contributed by atoms with Crippen LogP contribution in [0.1, 0.15) is 24.0 Å². The van der Waals surface area contributed by atoms with E-state index in [4.69, 9.17) is 5.73 Å². The number of anilines is 1. The molecule has 154 valence electrons. The van der Waals surface area contributed by atoms with Gasteiger partial charge in [0.25, 0.3) is 0 Å². The summed E-state index contributed by atoms with van der Waals surface area (Å²) in [4.78, 5) is 36.2. The van der Waals surface area contributed by atoms with Gasteiger partial charge in [0.2, 0.25) is 5.91 Å². The van der Waals surface area contributed by atoms with E-state index in [0.29, 0.717) is 12.1 Å². The van der Waals surface area contributed by atoms with Gasteiger partial charge in [0.15, 0.2) is 0 Å². The van der Waals surface area contributed by atoms with Crippen LogP contribution in [0.15, 0.2) is 18.2 Å². The summed E-state index contributed by atoms with van der Waals surface area (Å²) in [5, 5.41) is 1.78. The number of alkyl halides is 6. The molecular weight excluding hydrogens is 396 g/mol. The van der Waals surface area contributed by atoms with Crippen molar-refractivity contribution in [3.8, 4) is 0 Å². The van der Waals surface area contributed by atoms with Gasteiger partial charge in [-0.25, -0.2) is 0 Å². The van der Waals surface area contributed by atoms with Crippen LogP contribution in [0.5, 0.6) is 0 Å². The van der Waals surface area contributed by atoms with Crippen molar-refractivity contribution in [1.29, 1.82) is 0 Å². The molecule has 0 spiro atoms. The normalized spacial score (nSPS) is 16.0. The SMILES string of the molecule is NC(=O)C1CCN(C(=O)C(=O)Nc2cc(C(F)(F)F)cc(C(F)(F)F)c2)CC1. The van der Waals surface area contributed by atoms with Crippen LogP contribution in [0.2, 0.25) is 0 Å². The second-order valence-corrected chi connectivity index (χ2v) is 6.22. The third-order valence-electron chi connectivity index (χ3n) is 4.22. The Morgan fingerprint density at radius 1 is 0.929 bits per heavy atom. The van der Waals surface area contributed by atoms with E-state index in [2.05, 4.69) is 0 Å². The molecule has 1 saturated heterocycles. The average molecular weight is 411 g/mol. The molecule has 1 aromatic carbocycles. The highest BCUT2D eigenvalue weighted by atomic mass is 19.4. The zero-order valence-corrected chi connectivity index (χ0v) is 14.2. The molecule has 1 fully saturated rings. The van der Waals surface area contributed by atoms with E-state index >= 15 is 0 Å². The second kappa shape index (κ2) is 7.68. The Balaban J connectivity index is 2.17. The van der Waals surface area contributed by atoms with Crippen LogP contribution in [-0.4, -0.2) is 35.7 Å². The minimum Gasteiger partial charge on any atom is -0.369 e. The molecule has 0 aromatic heterocycles. The van der Waals surface area contributed by atoms with E-state index in [1.54, 1.807) is 5.32 Å². The van der Waals surface area contributed by atoms with Gasteiger partial charge < -0.3 is 16.0 Å². The molecule has 2 rings (SSSR count). The summed E-state index contributed by atoms with van der Waals surface area (Å²) in [5.74, 6) is -3.54. The number of halogens is 6. The van der Waals surface area contributed by atoms with Crippen molar-refractivity contribution >= 4 is 23.4 Å². The lowest BCUT2D eigenvalue weighted by Crippen LogP contribution is -2.46. The van der Waals surface area contributed by atoms with Crippen LogP contribution < -0.4 is 11.1 Å². The number of carbonyl (C=O) groups excluding carboxylic acids is 3. The number of amides is 3. The highest BCUT2D eigenvalue weighted by Gasteiger charge is 2.37. The number of rotatable bonds is 2. The molecule has 0 atom stereocenters. The lowest BCUT2D eigenvalue weighted by atomic mass is 9.96. The minimum atomic E-state index is -5.08. The molecule has 6 nitrogen and oxygen atoms in total. The summed E-state index contributed by atoms with van der Waals surface area (Å²) in [6.07, 6.45) is -9.75. The predicted octanol–water partition coefficient (Wildman–Crippen LogP) is 2.39. The van der Waals surface area contributed by atoms with E-state index in [-0.39, 0.29) is 32.0 Å². The van der Waals surface area contributed by atoms with Crippen molar-refractivity contribution in [1.82, 2.24) is 4.90 Å². The first-order valence-electron chi connectivity index (χ1n) is 7.98. The number of nitrogens with two attached hydrogens (primary N) is 1. The molecule has 3 N–H and O–H groups in total. The lowest BCUT2D eigenvalue weighted by Gasteiger charge is -2.30. The molecular formula is C16H15F6N3O3. The Labute approximate surface area is 154 Å². The molecule has 1 heterocycles. The first-order chi connectivity index (χ1) is 12.8. The maximum absolute atomic E-state index is 12.8. The summed E-state index contributed by atoms with van der Waals surface area (Å²) in [6.45, 7) is 0.0203. The molecule has 0 unspecified atom stereocenters. The highest BCUT2D eigenvalue weighted by Crippen LogP contribution is 2.37. The first kappa shape index (κ1) is 21.5. The smallest absolute Gasteiger partial charge is 0.369 e. The number of hydrogen-bond acceptors (Lipinski definition) is 3. The molecule has 12 heteroatoms. The van der Waals surface area contributed by atoms with Crippen LogP contribution in [0.4, 0.5) is 32.0 Å². The first-order valence-corrected chi connectivity index (χ1v) is 7.98. The Hall–Kier alpha value is -2.79. The molecule has 3 amide bonds. The van der Waals surface area contributed by atoms with Gasteiger partial charge in [-0.2, -0.15) is 26.3 Å². The number of primary amides is 1. The Morgan fingerprint density at radius 2 is 1.39 bits per heavy atom. The van der Waals surface area contributed by atoms with E-state index in [1.165, 1.54) is 0 Å². The fourth-order valence-electron chi connectivity index (χ4n) is 2.72. The van der Waals surface area contributed by atoms with Crippen LogP contribution in [0, 0.1) is 5.92 Å². The number of nitrogens with one attached hydrogen (secondary N) is 1. The highest BCUT2D eigenvalue weighted by molar-refractivity contribution is 6.39. The summed E-state index contributed by atoms with van der Waals surface area (Å²) >= 11 is 0. The monoisotopic (exact) mass is 411 g/mol. The zero-order chi connectivity index (χ0) is 21.3. The maximum Gasteiger partial charge on any atom is 0.416 e. The second-order valence-electron chi connectivity index (χ2n) is 6.22. The van der Waals surface area contributed by atoms with E-state index in [9.17, 15) is 40.7 Å². The van der Waals surface area contributed by atoms with Crippen LogP contribution in [0.3, 0.4) is 0 Å². The zero-order valence-electron chi connectivity index (χ0n) is 14.2. The number of benzene rings is 1. The summed E-state index contributed by atoms with van der Waals surface area (Å²) in [5.41, 5.74) is 1.09. The number of piperidine rings is 1. The molecule has 0 saturated carbocycles. The van der Waals surface area contributed by atoms with Gasteiger partial charge in [0, 0.05) is 24.7 Å². The lowest BCUT2D eigenvalue weighted by molar-refractivity contribution is -0.144. The van der Waals surface area contributed by atoms with E-state index in [1.807, 2.05) is 0 Å². The quantitative estimate of drug-likeness (QED) is 0.578. The third kappa shape index (κ3) is 5.14. The van der Waals surface area contributed by atoms with Crippen molar-refractivity contribution in [3.63, 3.8) is 0 Å². The minimum absolute atomic E-state index is 0.0102. The van der Waals surface area contributed by atoms with Gasteiger partial charge in [0.1, 0.15) is 0 Å². The largest absolute Gasteiger partial charge is 0.416 e. The van der Waals surface area contributed by atoms with Crippen molar-refractivity contribution in [2.24, 2.45) is 11.7 Å². The van der Waals surface area contributed by atoms with Crippen molar-refractivity contribution in [3.05, 3.63) is 29.3 Å². The predicted molar refractivity (Wildman–Crippen MR) is 83.6 cm³/mol. The molecule has 0 radical (unpaired) electrons. The average Bonchev–Trinajstić information content (AvgIpc) is 2.59. The molecule has 28 heavy (non-hydrogen) atoms. The standard InChI is InChI=1S/C16H15F6N3O3/c17-15(18,19)9-5-10(16(20,21)22)7-11(6-9)24-13(27)14(28)25-3-1-8(2-4-25)12(23)26/h5-8H,1-4H2,(H2,23,26)(H,24,27). The topological polar surface area (TPSA) is 92.5 Å². The molecule has 1 aliphatic heterocycles. The van der Waals surface area contributed by atoms with Gasteiger partial charge in [-0.3, -0.25) is 14.4 Å². The summed E-state index contributed by atoms with van der Waals surface area (Å²) < 4.78 is 77.0. The molecule has 1 aliphatic rings. The Bertz CT molecular complexity index is 751. The van der Waals surface area contributed by atoms with Crippen LogP contribution in [0.25, 0.3) is 0 Å². The fourth-order valence-corrected chi connectivity index (χ4v) is 2.72. The number of hydrogen-bond donors (Lipinski definition) is 2. The van der Waals surface area contributed by atoms with Gasteiger partial charge in [-0.1, -0.05) is 0 Å². The number of likely N-dealkylation sites (tertiary alicyclic amines) is 1. The Kier molecular flexibility index (Phi) is 5.90. The third-order valence-corrected chi connectivity index (χ3v) is 4.22. The molecule has 0 bridgehead atoms. The summed E-state index contributed by atoms with van der Waals surface area (Å²) in [6, 6.07) is 0.519. The fraction of sp³-hybridized carbons (Fsp3) is 0.438. The van der Waals surface area contributed by atoms with Gasteiger partial charge in [0.05, 0.1) is 11.1 Å². The van der Waals surface area contributed by atoms with Crippen LogP contribution in [-0.2, 0) is 26.7 Å². The van der Waals surface area contributed by atoms with Crippen LogP contribution >= 0.6 is 0 Å². The number of carbonyl (C=O) groups is 3. The number of nitrogens with zero attached hydrogens (tertiary/aromatic N) is 1. The Morgan fingerprint density at radius 3 is 1.79 bits per heavy atom. The van der Waals surface area contributed by atoms with Gasteiger partial charge in [-0.15, -0.1) is 0 Å². The van der Waals surface area contributed by atoms with E-state index in [0.717, 1.165) is 4.90 Å². The molecule has 0 aliphatic carbocycles.